The summed E-state index contributed by atoms with van der Waals surface area (Å²) in [6, 6.07) is 0. The van der Waals surface area contributed by atoms with Crippen LogP contribution in [0.4, 0.5) is 0 Å². The predicted octanol–water partition coefficient (Wildman–Crippen LogP) is 1.48. The number of primary amides is 1. The molecule has 0 bridgehead atoms. The minimum Gasteiger partial charge on any atom is -0.481 e. The Hall–Kier alpha value is -1.58. The van der Waals surface area contributed by atoms with Crippen LogP contribution in [0, 0.1) is 5.92 Å². The van der Waals surface area contributed by atoms with Gasteiger partial charge in [0.05, 0.1) is 5.92 Å². The third kappa shape index (κ3) is 8.74. The average molecular weight is 211 g/mol. The summed E-state index contributed by atoms with van der Waals surface area (Å²) in [7, 11) is 0. The van der Waals surface area contributed by atoms with E-state index in [0.29, 0.717) is 12.8 Å². The van der Waals surface area contributed by atoms with Crippen molar-refractivity contribution in [2.45, 2.75) is 26.2 Å². The van der Waals surface area contributed by atoms with Crippen LogP contribution >= 0.6 is 0 Å². The van der Waals surface area contributed by atoms with E-state index in [1.54, 1.807) is 25.2 Å². The predicted molar refractivity (Wildman–Crippen MR) is 58.1 cm³/mol. The molecule has 0 heterocycles. The van der Waals surface area contributed by atoms with Crippen LogP contribution in [0.2, 0.25) is 0 Å². The van der Waals surface area contributed by atoms with Gasteiger partial charge in [0, 0.05) is 6.42 Å². The molecule has 0 rings (SSSR count). The molecule has 0 aromatic rings. The average Bonchev–Trinajstić information content (AvgIpc) is 2.15. The molecular weight excluding hydrogens is 194 g/mol. The molecule has 0 aliphatic rings. The van der Waals surface area contributed by atoms with Crippen molar-refractivity contribution in [3.05, 3.63) is 24.3 Å². The molecule has 0 saturated carbocycles. The first-order valence-corrected chi connectivity index (χ1v) is 4.86. The summed E-state index contributed by atoms with van der Waals surface area (Å²) in [5.41, 5.74) is 4.93. The molecule has 1 amide bonds. The Morgan fingerprint density at radius 1 is 1.33 bits per heavy atom. The third-order valence-corrected chi connectivity index (χ3v) is 1.89. The van der Waals surface area contributed by atoms with Crippen molar-refractivity contribution < 1.29 is 14.7 Å². The van der Waals surface area contributed by atoms with Crippen LogP contribution in [-0.4, -0.2) is 17.0 Å². The molecule has 0 spiro atoms. The van der Waals surface area contributed by atoms with Gasteiger partial charge in [-0.05, 0) is 12.8 Å². The first-order chi connectivity index (χ1) is 7.04. The topological polar surface area (TPSA) is 80.4 Å². The minimum atomic E-state index is -0.771. The highest BCUT2D eigenvalue weighted by Crippen LogP contribution is 2.05. The molecule has 0 saturated heterocycles. The molecule has 0 radical (unpaired) electrons. The molecule has 0 aromatic heterocycles. The van der Waals surface area contributed by atoms with Gasteiger partial charge in [-0.25, -0.2) is 0 Å². The first kappa shape index (κ1) is 13.4. The van der Waals surface area contributed by atoms with E-state index in [0.717, 1.165) is 0 Å². The summed E-state index contributed by atoms with van der Waals surface area (Å²) in [5.74, 6) is -1.45. The summed E-state index contributed by atoms with van der Waals surface area (Å²) in [6.07, 6.45) is 8.63. The van der Waals surface area contributed by atoms with E-state index >= 15 is 0 Å². The molecule has 0 aliphatic carbocycles. The van der Waals surface area contributed by atoms with Gasteiger partial charge in [0.15, 0.2) is 0 Å². The fraction of sp³-hybridized carbons (Fsp3) is 0.455. The molecule has 84 valence electrons. The van der Waals surface area contributed by atoms with Gasteiger partial charge in [0.2, 0.25) is 5.91 Å². The summed E-state index contributed by atoms with van der Waals surface area (Å²) in [6.45, 7) is 1.68. The number of carbonyl (C=O) groups excluding carboxylic acids is 1. The van der Waals surface area contributed by atoms with Crippen LogP contribution < -0.4 is 5.73 Å². The number of hydrogen-bond donors (Lipinski definition) is 2. The van der Waals surface area contributed by atoms with Crippen molar-refractivity contribution in [1.29, 1.82) is 0 Å². The molecule has 15 heavy (non-hydrogen) atoms. The third-order valence-electron chi connectivity index (χ3n) is 1.89. The van der Waals surface area contributed by atoms with Crippen molar-refractivity contribution in [2.75, 3.05) is 0 Å². The van der Waals surface area contributed by atoms with Gasteiger partial charge in [-0.2, -0.15) is 0 Å². The van der Waals surface area contributed by atoms with Crippen LogP contribution in [0.5, 0.6) is 0 Å². The zero-order valence-electron chi connectivity index (χ0n) is 8.85. The molecule has 4 nitrogen and oxygen atoms in total. The molecule has 0 aliphatic heterocycles. The summed E-state index contributed by atoms with van der Waals surface area (Å²) >= 11 is 0. The molecule has 3 N–H and O–H groups in total. The highest BCUT2D eigenvalue weighted by Gasteiger charge is 2.08. The summed E-state index contributed by atoms with van der Waals surface area (Å²) < 4.78 is 0. The number of nitrogens with two attached hydrogens (primary N) is 1. The minimum absolute atomic E-state index is 0.232. The smallest absolute Gasteiger partial charge is 0.306 e. The van der Waals surface area contributed by atoms with Crippen LogP contribution in [0.15, 0.2) is 24.3 Å². The van der Waals surface area contributed by atoms with Gasteiger partial charge >= 0.3 is 5.97 Å². The lowest BCUT2D eigenvalue weighted by Crippen LogP contribution is -2.08. The molecular formula is C11H17NO3. The number of amides is 1. The highest BCUT2D eigenvalue weighted by molar-refractivity contribution is 5.75. The number of carbonyl (C=O) groups is 2. The Labute approximate surface area is 89.5 Å². The molecule has 0 fully saturated rings. The van der Waals surface area contributed by atoms with E-state index in [4.69, 9.17) is 10.8 Å². The lowest BCUT2D eigenvalue weighted by Gasteiger charge is -2.01. The van der Waals surface area contributed by atoms with Gasteiger partial charge in [-0.15, -0.1) is 0 Å². The normalized spacial score (nSPS) is 13.4. The Morgan fingerprint density at radius 2 is 1.93 bits per heavy atom. The lowest BCUT2D eigenvalue weighted by atomic mass is 10.1. The maximum absolute atomic E-state index is 10.5. The molecule has 1 unspecified atom stereocenters. The van der Waals surface area contributed by atoms with Crippen molar-refractivity contribution in [3.8, 4) is 0 Å². The standard InChI is InChI=1S/C11H17NO3/c1-9(11(14)15)7-5-3-2-4-6-8-10(12)13/h2-4,6,9H,5,7-8H2,1H3,(H2,12,13)(H,14,15). The zero-order chi connectivity index (χ0) is 11.7. The largest absolute Gasteiger partial charge is 0.481 e. The van der Waals surface area contributed by atoms with Gasteiger partial charge in [-0.1, -0.05) is 31.2 Å². The Balaban J connectivity index is 3.59. The van der Waals surface area contributed by atoms with Gasteiger partial charge < -0.3 is 10.8 Å². The van der Waals surface area contributed by atoms with Crippen molar-refractivity contribution in [3.63, 3.8) is 0 Å². The van der Waals surface area contributed by atoms with Gasteiger partial charge in [0.25, 0.3) is 0 Å². The zero-order valence-corrected chi connectivity index (χ0v) is 8.85. The van der Waals surface area contributed by atoms with E-state index in [9.17, 15) is 9.59 Å². The van der Waals surface area contributed by atoms with Crippen LogP contribution in [0.25, 0.3) is 0 Å². The number of rotatable bonds is 7. The summed E-state index contributed by atoms with van der Waals surface area (Å²) in [4.78, 5) is 20.8. The Morgan fingerprint density at radius 3 is 2.47 bits per heavy atom. The first-order valence-electron chi connectivity index (χ1n) is 4.86. The van der Waals surface area contributed by atoms with E-state index in [-0.39, 0.29) is 18.2 Å². The molecule has 1 atom stereocenters. The second-order valence-electron chi connectivity index (χ2n) is 3.34. The number of carboxylic acid groups (broad SMARTS) is 1. The maximum atomic E-state index is 10.5. The number of hydrogen-bond acceptors (Lipinski definition) is 2. The van der Waals surface area contributed by atoms with Crippen LogP contribution in [0.3, 0.4) is 0 Å². The second-order valence-corrected chi connectivity index (χ2v) is 3.34. The maximum Gasteiger partial charge on any atom is 0.306 e. The fourth-order valence-corrected chi connectivity index (χ4v) is 0.907. The van der Waals surface area contributed by atoms with E-state index in [1.807, 2.05) is 6.08 Å². The van der Waals surface area contributed by atoms with Crippen LogP contribution in [-0.2, 0) is 9.59 Å². The molecule has 0 aromatic carbocycles. The van der Waals surface area contributed by atoms with E-state index < -0.39 is 5.97 Å². The Kier molecular flexibility index (Phi) is 6.97. The van der Waals surface area contributed by atoms with Crippen molar-refractivity contribution in [1.82, 2.24) is 0 Å². The SMILES string of the molecule is CC(CCC=CC=CCC(N)=O)C(=O)O. The number of allylic oxidation sites excluding steroid dienone is 3. The van der Waals surface area contributed by atoms with E-state index in [1.165, 1.54) is 0 Å². The van der Waals surface area contributed by atoms with Crippen molar-refractivity contribution >= 4 is 11.9 Å². The highest BCUT2D eigenvalue weighted by atomic mass is 16.4. The monoisotopic (exact) mass is 211 g/mol. The number of carboxylic acids is 1. The van der Waals surface area contributed by atoms with E-state index in [2.05, 4.69) is 0 Å². The summed E-state index contributed by atoms with van der Waals surface area (Å²) in [5, 5.41) is 8.59. The number of aliphatic carboxylic acids is 1. The van der Waals surface area contributed by atoms with Gasteiger partial charge in [0.1, 0.15) is 0 Å². The fourth-order valence-electron chi connectivity index (χ4n) is 0.907. The molecule has 4 heteroatoms. The quantitative estimate of drug-likeness (QED) is 0.626. The Bertz CT molecular complexity index is 269. The lowest BCUT2D eigenvalue weighted by molar-refractivity contribution is -0.141. The van der Waals surface area contributed by atoms with Gasteiger partial charge in [-0.3, -0.25) is 9.59 Å². The second kappa shape index (κ2) is 7.79. The van der Waals surface area contributed by atoms with Crippen molar-refractivity contribution in [2.24, 2.45) is 11.7 Å². The van der Waals surface area contributed by atoms with Crippen LogP contribution in [0.1, 0.15) is 26.2 Å².